The minimum absolute atomic E-state index is 0.151. The molecule has 1 rings (SSSR count). The van der Waals surface area contributed by atoms with Gasteiger partial charge in [-0.3, -0.25) is 4.79 Å². The molecule has 0 aliphatic carbocycles. The van der Waals surface area contributed by atoms with Gasteiger partial charge in [-0.05, 0) is 39.2 Å². The minimum Gasteiger partial charge on any atom is -0.465 e. The Morgan fingerprint density at radius 1 is 1.10 bits per heavy atom. The van der Waals surface area contributed by atoms with Crippen molar-refractivity contribution in [2.75, 3.05) is 6.61 Å². The molecule has 2 heteroatoms. The number of benzene rings is 1. The molecule has 108 valence electrons. The maximum atomic E-state index is 11.6. The smallest absolute Gasteiger partial charge is 0.310 e. The lowest BCUT2D eigenvalue weighted by Crippen LogP contribution is -2.09. The summed E-state index contributed by atoms with van der Waals surface area (Å²) in [7, 11) is 0. The van der Waals surface area contributed by atoms with E-state index in [1.54, 1.807) is 0 Å². The van der Waals surface area contributed by atoms with Crippen LogP contribution >= 0.6 is 0 Å². The number of rotatable bonds is 7. The molecule has 0 aliphatic heterocycles. The van der Waals surface area contributed by atoms with Crippen LogP contribution in [0.3, 0.4) is 0 Å². The summed E-state index contributed by atoms with van der Waals surface area (Å²) in [6.07, 6.45) is 6.42. The van der Waals surface area contributed by atoms with E-state index in [2.05, 4.69) is 32.9 Å². The Balaban J connectivity index is 2.20. The second kappa shape index (κ2) is 9.13. The molecule has 0 amide bonds. The monoisotopic (exact) mass is 272 g/mol. The van der Waals surface area contributed by atoms with Crippen molar-refractivity contribution in [2.45, 2.75) is 40.0 Å². The van der Waals surface area contributed by atoms with Crippen LogP contribution in [0.4, 0.5) is 0 Å². The minimum atomic E-state index is -0.151. The summed E-state index contributed by atoms with van der Waals surface area (Å²) >= 11 is 0. The fourth-order valence-corrected chi connectivity index (χ4v) is 1.74. The number of ether oxygens (including phenoxy) is 1. The molecule has 1 aromatic carbocycles. The van der Waals surface area contributed by atoms with E-state index in [9.17, 15) is 4.79 Å². The highest BCUT2D eigenvalue weighted by Gasteiger charge is 2.03. The van der Waals surface area contributed by atoms with Gasteiger partial charge < -0.3 is 4.74 Å². The van der Waals surface area contributed by atoms with Crippen molar-refractivity contribution in [3.05, 3.63) is 59.2 Å². The van der Waals surface area contributed by atoms with Crippen LogP contribution in [0.2, 0.25) is 0 Å². The first-order chi connectivity index (χ1) is 9.58. The molecule has 0 saturated carbocycles. The summed E-state index contributed by atoms with van der Waals surface area (Å²) in [5.74, 6) is -0.151. The van der Waals surface area contributed by atoms with E-state index in [0.717, 1.165) is 18.4 Å². The summed E-state index contributed by atoms with van der Waals surface area (Å²) in [6, 6.07) is 9.68. The van der Waals surface area contributed by atoms with Crippen molar-refractivity contribution in [1.29, 1.82) is 0 Å². The molecular weight excluding hydrogens is 248 g/mol. The topological polar surface area (TPSA) is 26.3 Å². The van der Waals surface area contributed by atoms with Crippen LogP contribution in [0.15, 0.2) is 53.6 Å². The average Bonchev–Trinajstić information content (AvgIpc) is 2.42. The van der Waals surface area contributed by atoms with Crippen molar-refractivity contribution in [3.8, 4) is 0 Å². The molecule has 2 nitrogen and oxygen atoms in total. The van der Waals surface area contributed by atoms with Gasteiger partial charge >= 0.3 is 5.97 Å². The van der Waals surface area contributed by atoms with Crippen LogP contribution < -0.4 is 0 Å². The van der Waals surface area contributed by atoms with Gasteiger partial charge in [0.2, 0.25) is 0 Å². The Labute approximate surface area is 122 Å². The zero-order chi connectivity index (χ0) is 14.8. The van der Waals surface area contributed by atoms with E-state index >= 15 is 0 Å². The lowest BCUT2D eigenvalue weighted by atomic mass is 10.1. The Kier molecular flexibility index (Phi) is 7.41. The second-order valence-corrected chi connectivity index (χ2v) is 5.24. The molecule has 0 aromatic heterocycles. The number of allylic oxidation sites excluding steroid dienone is 4. The third-order valence-electron chi connectivity index (χ3n) is 2.87. The Morgan fingerprint density at radius 2 is 1.80 bits per heavy atom. The van der Waals surface area contributed by atoms with Gasteiger partial charge in [0.25, 0.3) is 0 Å². The molecule has 0 fully saturated rings. The summed E-state index contributed by atoms with van der Waals surface area (Å²) < 4.78 is 5.24. The third kappa shape index (κ3) is 7.57. The maximum absolute atomic E-state index is 11.6. The summed E-state index contributed by atoms with van der Waals surface area (Å²) in [5.41, 5.74) is 3.60. The van der Waals surface area contributed by atoms with E-state index < -0.39 is 0 Å². The molecule has 0 spiro atoms. The van der Waals surface area contributed by atoms with Gasteiger partial charge in [0.05, 0.1) is 13.0 Å². The first-order valence-electron chi connectivity index (χ1n) is 7.08. The number of hydrogen-bond donors (Lipinski definition) is 0. The van der Waals surface area contributed by atoms with Gasteiger partial charge in [0, 0.05) is 0 Å². The summed E-state index contributed by atoms with van der Waals surface area (Å²) in [6.45, 7) is 6.75. The SMILES string of the molecule is CC(C)=C/C=C(\C)CCCOC(=O)Cc1ccccc1. The molecular formula is C18H24O2. The van der Waals surface area contributed by atoms with Crippen LogP contribution in [0.1, 0.15) is 39.2 Å². The molecule has 0 atom stereocenters. The van der Waals surface area contributed by atoms with Gasteiger partial charge in [-0.15, -0.1) is 0 Å². The maximum Gasteiger partial charge on any atom is 0.310 e. The third-order valence-corrected chi connectivity index (χ3v) is 2.87. The van der Waals surface area contributed by atoms with Crippen LogP contribution in [0, 0.1) is 0 Å². The van der Waals surface area contributed by atoms with Gasteiger partial charge in [0.15, 0.2) is 0 Å². The van der Waals surface area contributed by atoms with E-state index in [1.165, 1.54) is 11.1 Å². The van der Waals surface area contributed by atoms with E-state index in [4.69, 9.17) is 4.74 Å². The average molecular weight is 272 g/mol. The van der Waals surface area contributed by atoms with Gasteiger partial charge in [0.1, 0.15) is 0 Å². The molecule has 0 aliphatic rings. The normalized spacial score (nSPS) is 11.1. The largest absolute Gasteiger partial charge is 0.465 e. The first kappa shape index (κ1) is 16.2. The van der Waals surface area contributed by atoms with Crippen molar-refractivity contribution < 1.29 is 9.53 Å². The van der Waals surface area contributed by atoms with E-state index in [1.807, 2.05) is 30.3 Å². The summed E-state index contributed by atoms with van der Waals surface area (Å²) in [4.78, 5) is 11.6. The fraction of sp³-hybridized carbons (Fsp3) is 0.389. The van der Waals surface area contributed by atoms with Crippen LogP contribution in [-0.4, -0.2) is 12.6 Å². The quantitative estimate of drug-likeness (QED) is 0.416. The Hall–Kier alpha value is -1.83. The van der Waals surface area contributed by atoms with Crippen LogP contribution in [-0.2, 0) is 16.0 Å². The van der Waals surface area contributed by atoms with Crippen molar-refractivity contribution in [1.82, 2.24) is 0 Å². The lowest BCUT2D eigenvalue weighted by molar-refractivity contribution is -0.142. The molecule has 0 bridgehead atoms. The number of carbonyl (C=O) groups excluding carboxylic acids is 1. The molecule has 0 unspecified atom stereocenters. The highest BCUT2D eigenvalue weighted by atomic mass is 16.5. The standard InChI is InChI=1S/C18H24O2/c1-15(2)11-12-16(3)8-7-13-20-18(19)14-17-9-5-4-6-10-17/h4-6,9-12H,7-8,13-14H2,1-3H3/b16-12+. The summed E-state index contributed by atoms with van der Waals surface area (Å²) in [5, 5.41) is 0. The highest BCUT2D eigenvalue weighted by molar-refractivity contribution is 5.72. The van der Waals surface area contributed by atoms with Crippen molar-refractivity contribution in [3.63, 3.8) is 0 Å². The van der Waals surface area contributed by atoms with Crippen LogP contribution in [0.5, 0.6) is 0 Å². The zero-order valence-electron chi connectivity index (χ0n) is 12.7. The van der Waals surface area contributed by atoms with Gasteiger partial charge in [-0.25, -0.2) is 0 Å². The Morgan fingerprint density at radius 3 is 2.45 bits per heavy atom. The highest BCUT2D eigenvalue weighted by Crippen LogP contribution is 2.06. The van der Waals surface area contributed by atoms with Crippen molar-refractivity contribution >= 4 is 5.97 Å². The Bertz CT molecular complexity index is 465. The van der Waals surface area contributed by atoms with E-state index in [0.29, 0.717) is 13.0 Å². The molecule has 0 radical (unpaired) electrons. The van der Waals surface area contributed by atoms with Gasteiger partial charge in [-0.2, -0.15) is 0 Å². The molecule has 20 heavy (non-hydrogen) atoms. The number of hydrogen-bond acceptors (Lipinski definition) is 2. The molecule has 1 aromatic rings. The zero-order valence-corrected chi connectivity index (χ0v) is 12.7. The predicted octanol–water partition coefficient (Wildman–Crippen LogP) is 4.47. The fourth-order valence-electron chi connectivity index (χ4n) is 1.74. The second-order valence-electron chi connectivity index (χ2n) is 5.24. The molecule has 0 saturated heterocycles. The number of esters is 1. The van der Waals surface area contributed by atoms with E-state index in [-0.39, 0.29) is 5.97 Å². The molecule has 0 heterocycles. The lowest BCUT2D eigenvalue weighted by Gasteiger charge is -2.05. The number of carbonyl (C=O) groups is 1. The van der Waals surface area contributed by atoms with Crippen molar-refractivity contribution in [2.24, 2.45) is 0 Å². The molecule has 0 N–H and O–H groups in total. The van der Waals surface area contributed by atoms with Crippen LogP contribution in [0.25, 0.3) is 0 Å². The predicted molar refractivity (Wildman–Crippen MR) is 83.5 cm³/mol. The first-order valence-corrected chi connectivity index (χ1v) is 7.08. The van der Waals surface area contributed by atoms with Gasteiger partial charge in [-0.1, -0.05) is 53.6 Å².